The lowest BCUT2D eigenvalue weighted by molar-refractivity contribution is -0.122. The monoisotopic (exact) mass is 396 g/mol. The van der Waals surface area contributed by atoms with E-state index in [0.717, 1.165) is 33.5 Å². The number of imide groups is 1. The van der Waals surface area contributed by atoms with Gasteiger partial charge in [-0.1, -0.05) is 30.3 Å². The van der Waals surface area contributed by atoms with E-state index in [-0.39, 0.29) is 30.1 Å². The number of benzene rings is 2. The molecule has 3 amide bonds. The van der Waals surface area contributed by atoms with E-state index < -0.39 is 0 Å². The van der Waals surface area contributed by atoms with Gasteiger partial charge in [-0.2, -0.15) is 0 Å². The lowest BCUT2D eigenvalue weighted by Gasteiger charge is -2.13. The molecule has 0 unspecified atom stereocenters. The van der Waals surface area contributed by atoms with Crippen molar-refractivity contribution in [3.05, 3.63) is 70.1 Å². The van der Waals surface area contributed by atoms with Gasteiger partial charge in [0.1, 0.15) is 5.75 Å². The van der Waals surface area contributed by atoms with E-state index in [4.69, 9.17) is 4.74 Å². The molecule has 2 aromatic rings. The predicted molar refractivity (Wildman–Crippen MR) is 109 cm³/mol. The second-order valence-electron chi connectivity index (χ2n) is 6.18. The minimum Gasteiger partial charge on any atom is -0.497 e. The summed E-state index contributed by atoms with van der Waals surface area (Å²) in [4.78, 5) is 38.4. The third kappa shape index (κ3) is 4.43. The number of rotatable bonds is 6. The van der Waals surface area contributed by atoms with Crippen LogP contribution in [0.4, 0.5) is 4.79 Å². The van der Waals surface area contributed by atoms with Gasteiger partial charge < -0.3 is 10.1 Å². The molecule has 6 nitrogen and oxygen atoms in total. The molecule has 1 heterocycles. The number of hydrogen-bond donors (Lipinski definition) is 1. The average molecular weight is 396 g/mol. The Balaban J connectivity index is 1.60. The SMILES string of the molecule is COc1ccc(/C=C2\SC(=O)N(CCNC(=O)c3ccccc3C)C2=O)cc1. The van der Waals surface area contributed by atoms with E-state index in [0.29, 0.717) is 10.5 Å². The number of methoxy groups -OCH3 is 1. The van der Waals surface area contributed by atoms with Crippen molar-refractivity contribution in [3.8, 4) is 5.75 Å². The van der Waals surface area contributed by atoms with Crippen molar-refractivity contribution in [2.45, 2.75) is 6.92 Å². The normalized spacial score (nSPS) is 15.2. The van der Waals surface area contributed by atoms with Gasteiger partial charge >= 0.3 is 0 Å². The van der Waals surface area contributed by atoms with Gasteiger partial charge in [-0.15, -0.1) is 0 Å². The first-order valence-electron chi connectivity index (χ1n) is 8.73. The molecule has 1 aliphatic heterocycles. The highest BCUT2D eigenvalue weighted by Crippen LogP contribution is 2.32. The van der Waals surface area contributed by atoms with Gasteiger partial charge in [-0.3, -0.25) is 19.3 Å². The molecule has 0 spiro atoms. The van der Waals surface area contributed by atoms with Crippen LogP contribution in [0.25, 0.3) is 6.08 Å². The Morgan fingerprint density at radius 1 is 1.14 bits per heavy atom. The number of carbonyl (C=O) groups is 3. The van der Waals surface area contributed by atoms with Crippen molar-refractivity contribution in [1.29, 1.82) is 0 Å². The van der Waals surface area contributed by atoms with Crippen LogP contribution in [-0.2, 0) is 4.79 Å². The zero-order valence-corrected chi connectivity index (χ0v) is 16.4. The van der Waals surface area contributed by atoms with Gasteiger partial charge in [0.25, 0.3) is 17.1 Å². The standard InChI is InChI=1S/C21H20N2O4S/c1-14-5-3-4-6-17(14)19(24)22-11-12-23-20(25)18(28-21(23)26)13-15-7-9-16(27-2)10-8-15/h3-10,13H,11-12H2,1-2H3,(H,22,24)/b18-13-. The fourth-order valence-electron chi connectivity index (χ4n) is 2.75. The quantitative estimate of drug-likeness (QED) is 0.757. The summed E-state index contributed by atoms with van der Waals surface area (Å²) in [5.74, 6) is 0.143. The van der Waals surface area contributed by atoms with Crippen LogP contribution in [0.5, 0.6) is 5.75 Å². The zero-order valence-electron chi connectivity index (χ0n) is 15.6. The van der Waals surface area contributed by atoms with Crippen molar-refractivity contribution in [2.24, 2.45) is 0 Å². The Morgan fingerprint density at radius 3 is 2.54 bits per heavy atom. The Bertz CT molecular complexity index is 938. The number of carbonyl (C=O) groups excluding carboxylic acids is 3. The molecule has 3 rings (SSSR count). The largest absolute Gasteiger partial charge is 0.497 e. The molecule has 0 saturated carbocycles. The maximum absolute atomic E-state index is 12.5. The highest BCUT2D eigenvalue weighted by atomic mass is 32.2. The summed E-state index contributed by atoms with van der Waals surface area (Å²) in [6.45, 7) is 2.18. The molecule has 1 aliphatic rings. The first kappa shape index (κ1) is 19.7. The van der Waals surface area contributed by atoms with Crippen LogP contribution in [0.1, 0.15) is 21.5 Å². The maximum atomic E-state index is 12.5. The maximum Gasteiger partial charge on any atom is 0.293 e. The molecule has 1 N–H and O–H groups in total. The van der Waals surface area contributed by atoms with Crippen LogP contribution in [0.15, 0.2) is 53.4 Å². The number of nitrogens with zero attached hydrogens (tertiary/aromatic N) is 1. The molecule has 144 valence electrons. The van der Waals surface area contributed by atoms with Crippen LogP contribution in [0.3, 0.4) is 0 Å². The molecule has 2 aromatic carbocycles. The van der Waals surface area contributed by atoms with Crippen molar-refractivity contribution < 1.29 is 19.1 Å². The van der Waals surface area contributed by atoms with E-state index in [9.17, 15) is 14.4 Å². The Labute approximate surface area is 167 Å². The molecule has 0 aromatic heterocycles. The number of amides is 3. The van der Waals surface area contributed by atoms with Crippen LogP contribution in [0.2, 0.25) is 0 Å². The van der Waals surface area contributed by atoms with Crippen LogP contribution >= 0.6 is 11.8 Å². The van der Waals surface area contributed by atoms with Crippen molar-refractivity contribution in [1.82, 2.24) is 10.2 Å². The summed E-state index contributed by atoms with van der Waals surface area (Å²) in [5, 5.41) is 2.42. The lowest BCUT2D eigenvalue weighted by atomic mass is 10.1. The number of aryl methyl sites for hydroxylation is 1. The van der Waals surface area contributed by atoms with Crippen molar-refractivity contribution in [3.63, 3.8) is 0 Å². The van der Waals surface area contributed by atoms with Gasteiger partial charge in [0.15, 0.2) is 0 Å². The lowest BCUT2D eigenvalue weighted by Crippen LogP contribution is -2.37. The van der Waals surface area contributed by atoms with Crippen LogP contribution < -0.4 is 10.1 Å². The molecular formula is C21H20N2O4S. The van der Waals surface area contributed by atoms with E-state index in [1.54, 1.807) is 37.5 Å². The molecule has 1 saturated heterocycles. The van der Waals surface area contributed by atoms with E-state index >= 15 is 0 Å². The van der Waals surface area contributed by atoms with Crippen molar-refractivity contribution >= 4 is 34.9 Å². The predicted octanol–water partition coefficient (Wildman–Crippen LogP) is 3.47. The second-order valence-corrected chi connectivity index (χ2v) is 7.17. The Morgan fingerprint density at radius 2 is 1.86 bits per heavy atom. The third-order valence-corrected chi connectivity index (χ3v) is 5.21. The zero-order chi connectivity index (χ0) is 20.1. The Hall–Kier alpha value is -3.06. The van der Waals surface area contributed by atoms with E-state index in [1.165, 1.54) is 0 Å². The van der Waals surface area contributed by atoms with E-state index in [2.05, 4.69) is 5.32 Å². The number of thioether (sulfide) groups is 1. The molecule has 0 aliphatic carbocycles. The fourth-order valence-corrected chi connectivity index (χ4v) is 3.61. The van der Waals surface area contributed by atoms with Crippen molar-refractivity contribution in [2.75, 3.05) is 20.2 Å². The first-order valence-corrected chi connectivity index (χ1v) is 9.54. The minimum absolute atomic E-state index is 0.127. The second kappa shape index (κ2) is 8.75. The highest BCUT2D eigenvalue weighted by Gasteiger charge is 2.34. The molecule has 0 atom stereocenters. The summed E-state index contributed by atoms with van der Waals surface area (Å²) < 4.78 is 5.11. The molecule has 7 heteroatoms. The molecule has 0 radical (unpaired) electrons. The van der Waals surface area contributed by atoms with Gasteiger partial charge in [-0.05, 0) is 54.1 Å². The van der Waals surface area contributed by atoms with Gasteiger partial charge in [-0.25, -0.2) is 0 Å². The molecular weight excluding hydrogens is 376 g/mol. The van der Waals surface area contributed by atoms with Gasteiger partial charge in [0.05, 0.1) is 12.0 Å². The number of hydrogen-bond acceptors (Lipinski definition) is 5. The third-order valence-electron chi connectivity index (χ3n) is 4.30. The van der Waals surface area contributed by atoms with Gasteiger partial charge in [0.2, 0.25) is 0 Å². The van der Waals surface area contributed by atoms with E-state index in [1.807, 2.05) is 31.2 Å². The fraction of sp³-hybridized carbons (Fsp3) is 0.190. The smallest absolute Gasteiger partial charge is 0.293 e. The van der Waals surface area contributed by atoms with Gasteiger partial charge in [0, 0.05) is 18.7 Å². The molecule has 28 heavy (non-hydrogen) atoms. The van der Waals surface area contributed by atoms with Crippen LogP contribution in [0, 0.1) is 6.92 Å². The Kier molecular flexibility index (Phi) is 6.16. The van der Waals surface area contributed by atoms with Crippen LogP contribution in [-0.4, -0.2) is 42.2 Å². The average Bonchev–Trinajstić information content (AvgIpc) is 2.96. The summed E-state index contributed by atoms with van der Waals surface area (Å²) in [5.41, 5.74) is 2.25. The summed E-state index contributed by atoms with van der Waals surface area (Å²) in [7, 11) is 1.58. The minimum atomic E-state index is -0.351. The number of nitrogens with one attached hydrogen (secondary N) is 1. The molecule has 0 bridgehead atoms. The topological polar surface area (TPSA) is 75.7 Å². The molecule has 1 fully saturated rings. The summed E-state index contributed by atoms with van der Waals surface area (Å²) in [6.07, 6.45) is 1.68. The summed E-state index contributed by atoms with van der Waals surface area (Å²) in [6, 6.07) is 14.5. The first-order chi connectivity index (χ1) is 13.5. The number of ether oxygens (including phenoxy) is 1. The summed E-state index contributed by atoms with van der Waals surface area (Å²) >= 11 is 0.899. The highest BCUT2D eigenvalue weighted by molar-refractivity contribution is 8.18.